The molecule has 3 heteroatoms. The molecule has 76 valence electrons. The zero-order valence-corrected chi connectivity index (χ0v) is 8.43. The van der Waals surface area contributed by atoms with Crippen molar-refractivity contribution < 1.29 is 9.18 Å². The molecule has 0 bridgehead atoms. The Hall–Kier alpha value is -1.38. The largest absolute Gasteiger partial charge is 0.366 e. The average Bonchev–Trinajstić information content (AvgIpc) is 2.16. The Morgan fingerprint density at radius 2 is 2.00 bits per heavy atom. The van der Waals surface area contributed by atoms with Crippen LogP contribution in [0.3, 0.4) is 0 Å². The molecule has 0 atom stereocenters. The van der Waals surface area contributed by atoms with Crippen molar-refractivity contribution in [1.82, 2.24) is 0 Å². The van der Waals surface area contributed by atoms with Gasteiger partial charge in [0.2, 0.25) is 0 Å². The SMILES string of the molecule is CCc1ccc(C(N)=O)c(F)c1CC. The first-order valence-corrected chi connectivity index (χ1v) is 4.71. The number of rotatable bonds is 3. The Kier molecular flexibility index (Phi) is 3.23. The van der Waals surface area contributed by atoms with Gasteiger partial charge in [-0.3, -0.25) is 4.79 Å². The molecule has 0 unspecified atom stereocenters. The van der Waals surface area contributed by atoms with Crippen LogP contribution in [-0.4, -0.2) is 5.91 Å². The number of benzene rings is 1. The molecule has 0 aliphatic heterocycles. The Labute approximate surface area is 82.9 Å². The summed E-state index contributed by atoms with van der Waals surface area (Å²) in [6.07, 6.45) is 1.34. The molecule has 0 aliphatic carbocycles. The van der Waals surface area contributed by atoms with Crippen molar-refractivity contribution >= 4 is 5.91 Å². The molecule has 0 saturated carbocycles. The standard InChI is InChI=1S/C11H14FNO/c1-3-7-5-6-9(11(13)14)10(12)8(7)4-2/h5-6H,3-4H2,1-2H3,(H2,13,14). The Morgan fingerprint density at radius 1 is 1.36 bits per heavy atom. The van der Waals surface area contributed by atoms with Gasteiger partial charge in [-0.05, 0) is 30.0 Å². The molecule has 0 fully saturated rings. The van der Waals surface area contributed by atoms with Crippen LogP contribution in [0.5, 0.6) is 0 Å². The summed E-state index contributed by atoms with van der Waals surface area (Å²) in [5.41, 5.74) is 6.58. The fraction of sp³-hybridized carbons (Fsp3) is 0.364. The predicted octanol–water partition coefficient (Wildman–Crippen LogP) is 2.05. The fourth-order valence-corrected chi connectivity index (χ4v) is 1.57. The molecule has 0 aliphatic rings. The predicted molar refractivity (Wildman–Crippen MR) is 53.7 cm³/mol. The van der Waals surface area contributed by atoms with Crippen LogP contribution < -0.4 is 5.73 Å². The van der Waals surface area contributed by atoms with Crippen LogP contribution in [0.15, 0.2) is 12.1 Å². The molecule has 2 N–H and O–H groups in total. The molecular formula is C11H14FNO. The van der Waals surface area contributed by atoms with E-state index in [1.807, 2.05) is 13.8 Å². The van der Waals surface area contributed by atoms with Gasteiger partial charge in [0.1, 0.15) is 5.82 Å². The van der Waals surface area contributed by atoms with Crippen LogP contribution in [0.2, 0.25) is 0 Å². The van der Waals surface area contributed by atoms with Gasteiger partial charge in [-0.1, -0.05) is 19.9 Å². The molecule has 0 aromatic heterocycles. The second-order valence-electron chi connectivity index (χ2n) is 3.14. The maximum absolute atomic E-state index is 13.7. The van der Waals surface area contributed by atoms with Gasteiger partial charge in [0.15, 0.2) is 0 Å². The van der Waals surface area contributed by atoms with Crippen molar-refractivity contribution in [3.63, 3.8) is 0 Å². The molecule has 0 heterocycles. The topological polar surface area (TPSA) is 43.1 Å². The summed E-state index contributed by atoms with van der Waals surface area (Å²) in [6, 6.07) is 3.22. The second-order valence-corrected chi connectivity index (χ2v) is 3.14. The number of primary amides is 1. The molecule has 14 heavy (non-hydrogen) atoms. The fourth-order valence-electron chi connectivity index (χ4n) is 1.57. The van der Waals surface area contributed by atoms with Crippen LogP contribution in [0.25, 0.3) is 0 Å². The first-order valence-electron chi connectivity index (χ1n) is 4.71. The monoisotopic (exact) mass is 195 g/mol. The minimum Gasteiger partial charge on any atom is -0.366 e. The number of nitrogens with two attached hydrogens (primary N) is 1. The average molecular weight is 195 g/mol. The molecule has 0 radical (unpaired) electrons. The molecule has 0 saturated heterocycles. The van der Waals surface area contributed by atoms with Crippen LogP contribution in [0.4, 0.5) is 4.39 Å². The lowest BCUT2D eigenvalue weighted by Gasteiger charge is -2.09. The Bertz CT molecular complexity index is 361. The first-order chi connectivity index (χ1) is 6.61. The summed E-state index contributed by atoms with van der Waals surface area (Å²) in [6.45, 7) is 3.82. The van der Waals surface area contributed by atoms with Gasteiger partial charge in [-0.2, -0.15) is 0 Å². The van der Waals surface area contributed by atoms with E-state index < -0.39 is 11.7 Å². The van der Waals surface area contributed by atoms with E-state index in [1.54, 1.807) is 6.07 Å². The minimum atomic E-state index is -0.708. The number of carbonyl (C=O) groups excluding carboxylic acids is 1. The summed E-state index contributed by atoms with van der Waals surface area (Å²) in [5, 5.41) is 0. The highest BCUT2D eigenvalue weighted by molar-refractivity contribution is 5.93. The van der Waals surface area contributed by atoms with Crippen molar-refractivity contribution in [3.8, 4) is 0 Å². The van der Waals surface area contributed by atoms with Gasteiger partial charge >= 0.3 is 0 Å². The van der Waals surface area contributed by atoms with E-state index in [-0.39, 0.29) is 5.56 Å². The summed E-state index contributed by atoms with van der Waals surface area (Å²) in [4.78, 5) is 10.9. The minimum absolute atomic E-state index is 0.0148. The normalized spacial score (nSPS) is 10.2. The smallest absolute Gasteiger partial charge is 0.251 e. The van der Waals surface area contributed by atoms with Gasteiger partial charge in [-0.15, -0.1) is 0 Å². The summed E-state index contributed by atoms with van der Waals surface area (Å²) >= 11 is 0. The highest BCUT2D eigenvalue weighted by Crippen LogP contribution is 2.18. The Morgan fingerprint density at radius 3 is 2.43 bits per heavy atom. The molecule has 1 amide bonds. The zero-order valence-electron chi connectivity index (χ0n) is 8.43. The number of hydrogen-bond donors (Lipinski definition) is 1. The van der Waals surface area contributed by atoms with Crippen molar-refractivity contribution in [2.75, 3.05) is 0 Å². The third-order valence-corrected chi connectivity index (χ3v) is 2.34. The van der Waals surface area contributed by atoms with E-state index in [0.29, 0.717) is 12.0 Å². The third-order valence-electron chi connectivity index (χ3n) is 2.34. The van der Waals surface area contributed by atoms with Gasteiger partial charge in [0, 0.05) is 0 Å². The lowest BCUT2D eigenvalue weighted by Crippen LogP contribution is -2.15. The van der Waals surface area contributed by atoms with E-state index >= 15 is 0 Å². The van der Waals surface area contributed by atoms with E-state index in [4.69, 9.17) is 5.73 Å². The van der Waals surface area contributed by atoms with Crippen LogP contribution in [0, 0.1) is 5.82 Å². The number of carbonyl (C=O) groups is 1. The summed E-state index contributed by atoms with van der Waals surface area (Å²) < 4.78 is 13.7. The highest BCUT2D eigenvalue weighted by atomic mass is 19.1. The molecule has 2 nitrogen and oxygen atoms in total. The Balaban J connectivity index is 3.34. The van der Waals surface area contributed by atoms with Gasteiger partial charge in [0.25, 0.3) is 5.91 Å². The van der Waals surface area contributed by atoms with Crippen LogP contribution >= 0.6 is 0 Å². The van der Waals surface area contributed by atoms with Gasteiger partial charge in [0.05, 0.1) is 5.56 Å². The molecular weight excluding hydrogens is 181 g/mol. The van der Waals surface area contributed by atoms with Crippen molar-refractivity contribution in [1.29, 1.82) is 0 Å². The van der Waals surface area contributed by atoms with Gasteiger partial charge in [-0.25, -0.2) is 4.39 Å². The number of halogens is 1. The summed E-state index contributed by atoms with van der Waals surface area (Å²) in [7, 11) is 0. The molecule has 1 aromatic carbocycles. The van der Waals surface area contributed by atoms with Crippen molar-refractivity contribution in [2.45, 2.75) is 26.7 Å². The maximum Gasteiger partial charge on any atom is 0.251 e. The zero-order chi connectivity index (χ0) is 10.7. The number of hydrogen-bond acceptors (Lipinski definition) is 1. The highest BCUT2D eigenvalue weighted by Gasteiger charge is 2.14. The lowest BCUT2D eigenvalue weighted by atomic mass is 9.99. The van der Waals surface area contributed by atoms with E-state index in [0.717, 1.165) is 12.0 Å². The molecule has 1 aromatic rings. The number of amides is 1. The number of aryl methyl sites for hydroxylation is 1. The van der Waals surface area contributed by atoms with E-state index in [9.17, 15) is 9.18 Å². The maximum atomic E-state index is 13.7. The molecule has 1 rings (SSSR count). The van der Waals surface area contributed by atoms with E-state index in [1.165, 1.54) is 6.07 Å². The van der Waals surface area contributed by atoms with E-state index in [2.05, 4.69) is 0 Å². The summed E-state index contributed by atoms with van der Waals surface area (Å²) in [5.74, 6) is -1.17. The second kappa shape index (κ2) is 4.22. The van der Waals surface area contributed by atoms with Crippen molar-refractivity contribution in [3.05, 3.63) is 34.6 Å². The lowest BCUT2D eigenvalue weighted by molar-refractivity contribution is 0.0996. The van der Waals surface area contributed by atoms with Crippen LogP contribution in [-0.2, 0) is 12.8 Å². The molecule has 0 spiro atoms. The van der Waals surface area contributed by atoms with Crippen molar-refractivity contribution in [2.24, 2.45) is 5.73 Å². The first kappa shape index (κ1) is 10.7. The van der Waals surface area contributed by atoms with Crippen LogP contribution in [0.1, 0.15) is 35.3 Å². The van der Waals surface area contributed by atoms with Gasteiger partial charge < -0.3 is 5.73 Å². The third kappa shape index (κ3) is 1.76. The quantitative estimate of drug-likeness (QED) is 0.788.